The van der Waals surface area contributed by atoms with Crippen LogP contribution in [-0.4, -0.2) is 37.3 Å². The Hall–Kier alpha value is -1.40. The lowest BCUT2D eigenvalue weighted by molar-refractivity contribution is -0.108. The normalized spacial score (nSPS) is 10.6. The third-order valence-corrected chi connectivity index (χ3v) is 1.71. The van der Waals surface area contributed by atoms with Crippen LogP contribution in [0.4, 0.5) is 0 Å². The van der Waals surface area contributed by atoms with Crippen LogP contribution in [0.15, 0.2) is 6.33 Å². The largest absolute Gasteiger partial charge is 0.464 e. The van der Waals surface area contributed by atoms with E-state index in [0.717, 1.165) is 0 Å². The van der Waals surface area contributed by atoms with Gasteiger partial charge in [0.1, 0.15) is 5.69 Å². The van der Waals surface area contributed by atoms with E-state index in [9.17, 15) is 4.79 Å². The highest BCUT2D eigenvalue weighted by Crippen LogP contribution is 2.18. The molecule has 0 atom stereocenters. The number of nitrogens with one attached hydrogen (secondary N) is 1. The Labute approximate surface area is 81.2 Å². The number of aromatic amines is 1. The second kappa shape index (κ2) is 4.73. The van der Waals surface area contributed by atoms with Gasteiger partial charge < -0.3 is 19.2 Å². The number of carbonyl (C=O) groups excluding carboxylic acids is 1. The third kappa shape index (κ3) is 1.91. The van der Waals surface area contributed by atoms with Crippen molar-refractivity contribution in [1.29, 1.82) is 0 Å². The van der Waals surface area contributed by atoms with Crippen molar-refractivity contribution >= 4 is 5.97 Å². The first-order valence-corrected chi connectivity index (χ1v) is 3.91. The summed E-state index contributed by atoms with van der Waals surface area (Å²) in [6.45, 7) is 0. The minimum atomic E-state index is -0.647. The molecule has 1 aromatic rings. The summed E-state index contributed by atoms with van der Waals surface area (Å²) in [6, 6.07) is 0. The summed E-state index contributed by atoms with van der Waals surface area (Å²) in [5.41, 5.74) is 0.614. The molecule has 0 radical (unpaired) electrons. The van der Waals surface area contributed by atoms with Crippen LogP contribution in [-0.2, 0) is 14.2 Å². The quantitative estimate of drug-likeness (QED) is 0.565. The molecule has 0 spiro atoms. The zero-order valence-corrected chi connectivity index (χ0v) is 8.23. The number of ether oxygens (including phenoxy) is 3. The van der Waals surface area contributed by atoms with Crippen LogP contribution in [0.1, 0.15) is 22.5 Å². The van der Waals surface area contributed by atoms with Crippen LogP contribution in [0, 0.1) is 0 Å². The fraction of sp³-hybridized carbons (Fsp3) is 0.500. The summed E-state index contributed by atoms with van der Waals surface area (Å²) in [7, 11) is 4.22. The van der Waals surface area contributed by atoms with Gasteiger partial charge in [0, 0.05) is 14.2 Å². The van der Waals surface area contributed by atoms with Gasteiger partial charge in [-0.2, -0.15) is 0 Å². The molecule has 6 heteroatoms. The number of imidazole rings is 1. The Morgan fingerprint density at radius 3 is 2.57 bits per heavy atom. The molecule has 0 fully saturated rings. The number of aromatic nitrogens is 2. The molecule has 0 aromatic carbocycles. The minimum Gasteiger partial charge on any atom is -0.464 e. The highest BCUT2D eigenvalue weighted by molar-refractivity contribution is 5.88. The lowest BCUT2D eigenvalue weighted by Gasteiger charge is -2.12. The Morgan fingerprint density at radius 1 is 1.43 bits per heavy atom. The Morgan fingerprint density at radius 2 is 2.07 bits per heavy atom. The lowest BCUT2D eigenvalue weighted by atomic mass is 10.3. The number of methoxy groups -OCH3 is 3. The van der Waals surface area contributed by atoms with Crippen molar-refractivity contribution in [2.45, 2.75) is 6.29 Å². The highest BCUT2D eigenvalue weighted by atomic mass is 16.7. The van der Waals surface area contributed by atoms with Crippen molar-refractivity contribution < 1.29 is 19.0 Å². The summed E-state index contributed by atoms with van der Waals surface area (Å²) >= 11 is 0. The van der Waals surface area contributed by atoms with E-state index in [0.29, 0.717) is 5.69 Å². The second-order valence-electron chi connectivity index (χ2n) is 2.46. The first-order chi connectivity index (χ1) is 6.74. The zero-order valence-electron chi connectivity index (χ0n) is 8.23. The molecule has 0 aliphatic rings. The van der Waals surface area contributed by atoms with Gasteiger partial charge >= 0.3 is 5.97 Å². The van der Waals surface area contributed by atoms with Crippen LogP contribution >= 0.6 is 0 Å². The number of carbonyl (C=O) groups is 1. The molecule has 1 rings (SSSR count). The summed E-state index contributed by atoms with van der Waals surface area (Å²) in [4.78, 5) is 17.8. The van der Waals surface area contributed by atoms with Crippen LogP contribution in [0.25, 0.3) is 0 Å². The number of nitrogens with zero attached hydrogens (tertiary/aromatic N) is 1. The van der Waals surface area contributed by atoms with Crippen molar-refractivity contribution in [3.8, 4) is 0 Å². The molecule has 1 aromatic heterocycles. The third-order valence-electron chi connectivity index (χ3n) is 1.71. The van der Waals surface area contributed by atoms with Crippen molar-refractivity contribution in [2.24, 2.45) is 0 Å². The smallest absolute Gasteiger partial charge is 0.358 e. The average Bonchev–Trinajstić information content (AvgIpc) is 2.68. The average molecular weight is 200 g/mol. The number of esters is 1. The number of hydrogen-bond acceptors (Lipinski definition) is 5. The Bertz CT molecular complexity index is 306. The van der Waals surface area contributed by atoms with Crippen molar-refractivity contribution in [2.75, 3.05) is 21.3 Å². The van der Waals surface area contributed by atoms with E-state index in [1.165, 1.54) is 27.7 Å². The molecule has 78 valence electrons. The standard InChI is InChI=1S/C8H12N2O4/c1-12-7(11)5-6(10-4-9-5)8(13-2)14-3/h4,8H,1-3H3,(H,9,10). The van der Waals surface area contributed by atoms with Gasteiger partial charge in [0.15, 0.2) is 5.69 Å². The molecule has 0 amide bonds. The number of hydrogen-bond donors (Lipinski definition) is 1. The SMILES string of the molecule is COC(=O)c1nc[nH]c1C(OC)OC. The minimum absolute atomic E-state index is 0.168. The summed E-state index contributed by atoms with van der Waals surface area (Å²) in [5, 5.41) is 0. The molecule has 0 aliphatic carbocycles. The molecule has 1 heterocycles. The molecule has 0 aliphatic heterocycles. The number of H-pyrrole nitrogens is 1. The van der Waals surface area contributed by atoms with Gasteiger partial charge in [0.05, 0.1) is 13.4 Å². The van der Waals surface area contributed by atoms with Crippen molar-refractivity contribution in [3.05, 3.63) is 17.7 Å². The molecule has 0 unspecified atom stereocenters. The van der Waals surface area contributed by atoms with E-state index >= 15 is 0 Å². The van der Waals surface area contributed by atoms with Crippen LogP contribution in [0.3, 0.4) is 0 Å². The van der Waals surface area contributed by atoms with Crippen LogP contribution in [0.2, 0.25) is 0 Å². The fourth-order valence-electron chi connectivity index (χ4n) is 1.08. The lowest BCUT2D eigenvalue weighted by Crippen LogP contribution is -2.11. The molecular formula is C8H12N2O4. The van der Waals surface area contributed by atoms with Crippen LogP contribution in [0.5, 0.6) is 0 Å². The summed E-state index contributed by atoms with van der Waals surface area (Å²) < 4.78 is 14.5. The highest BCUT2D eigenvalue weighted by Gasteiger charge is 2.22. The first-order valence-electron chi connectivity index (χ1n) is 3.91. The van der Waals surface area contributed by atoms with Crippen molar-refractivity contribution in [3.63, 3.8) is 0 Å². The Kier molecular flexibility index (Phi) is 3.61. The van der Waals surface area contributed by atoms with Gasteiger partial charge in [0.25, 0.3) is 0 Å². The molecule has 14 heavy (non-hydrogen) atoms. The van der Waals surface area contributed by atoms with E-state index in [-0.39, 0.29) is 5.69 Å². The van der Waals surface area contributed by atoms with E-state index in [4.69, 9.17) is 9.47 Å². The molecule has 1 N–H and O–H groups in total. The zero-order chi connectivity index (χ0) is 10.6. The van der Waals surface area contributed by atoms with Crippen LogP contribution < -0.4 is 0 Å². The van der Waals surface area contributed by atoms with Gasteiger partial charge in [0.2, 0.25) is 6.29 Å². The maximum Gasteiger partial charge on any atom is 0.358 e. The van der Waals surface area contributed by atoms with Gasteiger partial charge in [-0.05, 0) is 0 Å². The fourth-order valence-corrected chi connectivity index (χ4v) is 1.08. The van der Waals surface area contributed by atoms with E-state index in [1.54, 1.807) is 0 Å². The van der Waals surface area contributed by atoms with Gasteiger partial charge in [-0.3, -0.25) is 0 Å². The van der Waals surface area contributed by atoms with Gasteiger partial charge in [-0.1, -0.05) is 0 Å². The van der Waals surface area contributed by atoms with Gasteiger partial charge in [-0.15, -0.1) is 0 Å². The van der Waals surface area contributed by atoms with E-state index in [2.05, 4.69) is 14.7 Å². The van der Waals surface area contributed by atoms with Crippen molar-refractivity contribution in [1.82, 2.24) is 9.97 Å². The topological polar surface area (TPSA) is 73.4 Å². The predicted octanol–water partition coefficient (Wildman–Crippen LogP) is 0.488. The molecule has 0 saturated carbocycles. The molecule has 6 nitrogen and oxygen atoms in total. The summed E-state index contributed by atoms with van der Waals surface area (Å²) in [6.07, 6.45) is 0.735. The first kappa shape index (κ1) is 10.7. The monoisotopic (exact) mass is 200 g/mol. The predicted molar refractivity (Wildman–Crippen MR) is 46.7 cm³/mol. The van der Waals surface area contributed by atoms with Gasteiger partial charge in [-0.25, -0.2) is 9.78 Å². The van der Waals surface area contributed by atoms with E-state index in [1.807, 2.05) is 0 Å². The second-order valence-corrected chi connectivity index (χ2v) is 2.46. The molecule has 0 bridgehead atoms. The maximum absolute atomic E-state index is 11.2. The molecule has 0 saturated heterocycles. The Balaban J connectivity index is 2.96. The van der Waals surface area contributed by atoms with E-state index < -0.39 is 12.3 Å². The number of rotatable bonds is 4. The molecular weight excluding hydrogens is 188 g/mol. The summed E-state index contributed by atoms with van der Waals surface area (Å²) in [5.74, 6) is -0.527. The maximum atomic E-state index is 11.2.